The van der Waals surface area contributed by atoms with Crippen molar-refractivity contribution in [3.8, 4) is 23.1 Å². The van der Waals surface area contributed by atoms with Gasteiger partial charge in [0, 0.05) is 17.5 Å². The van der Waals surface area contributed by atoms with Crippen molar-refractivity contribution in [2.45, 2.75) is 26.0 Å². The summed E-state index contributed by atoms with van der Waals surface area (Å²) in [5.74, 6) is 0.426. The van der Waals surface area contributed by atoms with Gasteiger partial charge in [-0.25, -0.2) is 9.37 Å². The minimum absolute atomic E-state index is 0.258. The van der Waals surface area contributed by atoms with Crippen molar-refractivity contribution in [2.24, 2.45) is 0 Å². The molecule has 0 aliphatic heterocycles. The fourth-order valence-corrected chi connectivity index (χ4v) is 3.10. The van der Waals surface area contributed by atoms with Gasteiger partial charge in [-0.3, -0.25) is 0 Å². The van der Waals surface area contributed by atoms with Crippen LogP contribution in [0, 0.1) is 17.1 Å². The summed E-state index contributed by atoms with van der Waals surface area (Å²) in [6, 6.07) is 16.1. The van der Waals surface area contributed by atoms with Crippen LogP contribution in [0.2, 0.25) is 0 Å². The van der Waals surface area contributed by atoms with Crippen molar-refractivity contribution in [3.05, 3.63) is 65.3 Å². The second-order valence-corrected chi connectivity index (χ2v) is 6.55. The van der Waals surface area contributed by atoms with Crippen LogP contribution in [0.4, 0.5) is 9.52 Å². The lowest BCUT2D eigenvalue weighted by Crippen LogP contribution is -2.12. The van der Waals surface area contributed by atoms with Crippen LogP contribution in [0.3, 0.4) is 0 Å². The highest BCUT2D eigenvalue weighted by Gasteiger charge is 2.07. The second kappa shape index (κ2) is 8.45. The molecule has 3 aromatic rings. The molecule has 0 aliphatic rings. The number of aromatic nitrogens is 1. The quantitative estimate of drug-likeness (QED) is 0.620. The topological polar surface area (TPSA) is 57.9 Å². The molecule has 1 unspecified atom stereocenters. The number of nitrogens with zero attached hydrogens (tertiary/aromatic N) is 2. The van der Waals surface area contributed by atoms with E-state index in [1.54, 1.807) is 12.1 Å². The van der Waals surface area contributed by atoms with Gasteiger partial charge in [-0.15, -0.1) is 11.3 Å². The number of benzene rings is 2. The zero-order valence-electron chi connectivity index (χ0n) is 14.3. The summed E-state index contributed by atoms with van der Waals surface area (Å²) in [7, 11) is 0. The number of halogens is 1. The molecule has 26 heavy (non-hydrogen) atoms. The van der Waals surface area contributed by atoms with E-state index in [2.05, 4.69) is 16.4 Å². The number of nitriles is 1. The van der Waals surface area contributed by atoms with Gasteiger partial charge in [0.1, 0.15) is 17.6 Å². The third kappa shape index (κ3) is 4.58. The lowest BCUT2D eigenvalue weighted by molar-refractivity contribution is 0.251. The first-order valence-corrected chi connectivity index (χ1v) is 9.16. The molecule has 1 N–H and O–H groups in total. The molecular formula is C20H18FN3OS. The Morgan fingerprint density at radius 2 is 2.08 bits per heavy atom. The van der Waals surface area contributed by atoms with Crippen LogP contribution in [-0.2, 0) is 6.54 Å². The van der Waals surface area contributed by atoms with E-state index >= 15 is 0 Å². The summed E-state index contributed by atoms with van der Waals surface area (Å²) in [6.45, 7) is 2.51. The number of nitrogens with one attached hydrogen (secondary N) is 1. The number of ether oxygens (including phenoxy) is 1. The first-order chi connectivity index (χ1) is 12.7. The minimum atomic E-state index is -0.435. The summed E-state index contributed by atoms with van der Waals surface area (Å²) in [5.41, 5.74) is 2.73. The van der Waals surface area contributed by atoms with E-state index in [-0.39, 0.29) is 5.82 Å². The molecule has 1 aromatic heterocycles. The Balaban J connectivity index is 1.63. The third-order valence-corrected chi connectivity index (χ3v) is 4.58. The van der Waals surface area contributed by atoms with E-state index in [1.807, 2.05) is 36.6 Å². The molecule has 3 rings (SSSR count). The van der Waals surface area contributed by atoms with Crippen molar-refractivity contribution in [1.82, 2.24) is 4.98 Å². The van der Waals surface area contributed by atoms with Crippen molar-refractivity contribution in [1.29, 1.82) is 5.26 Å². The number of anilines is 1. The van der Waals surface area contributed by atoms with Crippen LogP contribution >= 0.6 is 11.3 Å². The smallest absolute Gasteiger partial charge is 0.184 e. The molecular weight excluding hydrogens is 349 g/mol. The van der Waals surface area contributed by atoms with Crippen LogP contribution in [0.1, 0.15) is 18.9 Å². The molecule has 0 bridgehead atoms. The lowest BCUT2D eigenvalue weighted by atomic mass is 10.2. The van der Waals surface area contributed by atoms with Gasteiger partial charge in [-0.2, -0.15) is 5.26 Å². The van der Waals surface area contributed by atoms with Crippen LogP contribution in [-0.4, -0.2) is 11.1 Å². The molecule has 1 heterocycles. The van der Waals surface area contributed by atoms with Crippen molar-refractivity contribution in [3.63, 3.8) is 0 Å². The summed E-state index contributed by atoms with van der Waals surface area (Å²) in [6.07, 6.45) is 0.208. The number of thiazole rings is 1. The number of hydrogen-bond acceptors (Lipinski definition) is 5. The van der Waals surface area contributed by atoms with E-state index < -0.39 is 6.10 Å². The molecule has 0 saturated carbocycles. The molecule has 2 aromatic carbocycles. The number of rotatable bonds is 7. The fraction of sp³-hybridized carbons (Fsp3) is 0.200. The Morgan fingerprint density at radius 3 is 2.81 bits per heavy atom. The van der Waals surface area contributed by atoms with Crippen LogP contribution in [0.15, 0.2) is 53.9 Å². The Kier molecular flexibility index (Phi) is 5.82. The molecule has 132 valence electrons. The Bertz CT molecular complexity index is 902. The fourth-order valence-electron chi connectivity index (χ4n) is 2.38. The molecule has 0 amide bonds. The lowest BCUT2D eigenvalue weighted by Gasteiger charge is -2.11. The summed E-state index contributed by atoms with van der Waals surface area (Å²) in [5, 5.41) is 15.0. The van der Waals surface area contributed by atoms with E-state index in [1.165, 1.54) is 23.5 Å². The second-order valence-electron chi connectivity index (χ2n) is 5.69. The molecule has 0 saturated heterocycles. The van der Waals surface area contributed by atoms with E-state index in [0.717, 1.165) is 22.0 Å². The average molecular weight is 367 g/mol. The maximum Gasteiger partial charge on any atom is 0.184 e. The first kappa shape index (κ1) is 17.9. The first-order valence-electron chi connectivity index (χ1n) is 8.28. The maximum absolute atomic E-state index is 13.0. The van der Waals surface area contributed by atoms with Gasteiger partial charge >= 0.3 is 0 Å². The average Bonchev–Trinajstić information content (AvgIpc) is 3.14. The largest absolute Gasteiger partial charge is 0.476 e. The summed E-state index contributed by atoms with van der Waals surface area (Å²) >= 11 is 1.50. The van der Waals surface area contributed by atoms with Gasteiger partial charge in [0.2, 0.25) is 0 Å². The summed E-state index contributed by atoms with van der Waals surface area (Å²) < 4.78 is 18.7. The van der Waals surface area contributed by atoms with Gasteiger partial charge in [-0.05, 0) is 48.4 Å². The van der Waals surface area contributed by atoms with Crippen molar-refractivity contribution < 1.29 is 9.13 Å². The van der Waals surface area contributed by atoms with Crippen LogP contribution < -0.4 is 10.1 Å². The van der Waals surface area contributed by atoms with Gasteiger partial charge < -0.3 is 10.1 Å². The molecule has 4 nitrogen and oxygen atoms in total. The Labute approximate surface area is 155 Å². The zero-order valence-corrected chi connectivity index (χ0v) is 15.1. The predicted molar refractivity (Wildman–Crippen MR) is 102 cm³/mol. The van der Waals surface area contributed by atoms with Gasteiger partial charge in [0.25, 0.3) is 0 Å². The zero-order chi connectivity index (χ0) is 18.4. The molecule has 6 heteroatoms. The van der Waals surface area contributed by atoms with Gasteiger partial charge in [0.15, 0.2) is 11.2 Å². The van der Waals surface area contributed by atoms with Gasteiger partial charge in [0.05, 0.1) is 5.69 Å². The molecule has 1 atom stereocenters. The molecule has 0 spiro atoms. The monoisotopic (exact) mass is 367 g/mol. The van der Waals surface area contributed by atoms with Crippen molar-refractivity contribution in [2.75, 3.05) is 5.32 Å². The SMILES string of the molecule is CCC(C#N)Oc1cccc(CNc2nc(-c3ccc(F)cc3)cs2)c1. The van der Waals surface area contributed by atoms with E-state index in [0.29, 0.717) is 18.7 Å². The van der Waals surface area contributed by atoms with E-state index in [9.17, 15) is 4.39 Å². The summed E-state index contributed by atoms with van der Waals surface area (Å²) in [4.78, 5) is 4.53. The van der Waals surface area contributed by atoms with Gasteiger partial charge in [-0.1, -0.05) is 19.1 Å². The molecule has 0 aliphatic carbocycles. The standard InChI is InChI=1S/C20H18FN3OS/c1-2-17(11-22)25-18-5-3-4-14(10-18)12-23-20-24-19(13-26-20)15-6-8-16(21)9-7-15/h3-10,13,17H,2,12H2,1H3,(H,23,24). The Hall–Kier alpha value is -2.91. The predicted octanol–water partition coefficient (Wildman–Crippen LogP) is 5.24. The van der Waals surface area contributed by atoms with Crippen LogP contribution in [0.25, 0.3) is 11.3 Å². The molecule has 0 fully saturated rings. The highest BCUT2D eigenvalue weighted by Crippen LogP contribution is 2.25. The van der Waals surface area contributed by atoms with Crippen molar-refractivity contribution >= 4 is 16.5 Å². The maximum atomic E-state index is 13.0. The minimum Gasteiger partial charge on any atom is -0.476 e. The highest BCUT2D eigenvalue weighted by atomic mass is 32.1. The Morgan fingerprint density at radius 1 is 1.27 bits per heavy atom. The van der Waals surface area contributed by atoms with E-state index in [4.69, 9.17) is 10.00 Å². The normalized spacial score (nSPS) is 11.6. The van der Waals surface area contributed by atoms with Crippen LogP contribution in [0.5, 0.6) is 5.75 Å². The highest BCUT2D eigenvalue weighted by molar-refractivity contribution is 7.14. The number of hydrogen-bond donors (Lipinski definition) is 1. The third-order valence-electron chi connectivity index (χ3n) is 3.78. The molecule has 0 radical (unpaired) electrons.